The van der Waals surface area contributed by atoms with Gasteiger partial charge in [0, 0.05) is 6.61 Å². The molecule has 0 aromatic rings. The van der Waals surface area contributed by atoms with Crippen LogP contribution in [0.3, 0.4) is 0 Å². The second-order valence-electron chi connectivity index (χ2n) is 2.73. The van der Waals surface area contributed by atoms with E-state index in [9.17, 15) is 13.2 Å². The zero-order valence-electron chi connectivity index (χ0n) is 7.78. The third-order valence-electron chi connectivity index (χ3n) is 1.41. The Morgan fingerprint density at radius 3 is 2.46 bits per heavy atom. The maximum atomic E-state index is 11.5. The van der Waals surface area contributed by atoms with Crippen molar-refractivity contribution in [3.8, 4) is 0 Å². The van der Waals surface area contributed by atoms with E-state index in [0.29, 0.717) is 6.42 Å². The molecule has 0 atom stereocenters. The summed E-state index contributed by atoms with van der Waals surface area (Å²) in [6.45, 7) is 2.77. The molecule has 0 aliphatic heterocycles. The Bertz CT molecular complexity index is 116. The minimum Gasteiger partial charge on any atom is -0.372 e. The second-order valence-corrected chi connectivity index (χ2v) is 2.73. The van der Waals surface area contributed by atoms with E-state index in [4.69, 9.17) is 0 Å². The van der Waals surface area contributed by atoms with Crippen LogP contribution in [-0.4, -0.2) is 32.5 Å². The highest BCUT2D eigenvalue weighted by molar-refractivity contribution is 4.48. The number of hydrogen-bond acceptors (Lipinski definition) is 2. The zero-order chi connectivity index (χ0) is 10.2. The van der Waals surface area contributed by atoms with E-state index in [1.807, 2.05) is 6.92 Å². The van der Waals surface area contributed by atoms with Crippen molar-refractivity contribution in [2.45, 2.75) is 25.9 Å². The van der Waals surface area contributed by atoms with Crippen LogP contribution in [0.2, 0.25) is 0 Å². The standard InChI is InChI=1S/C8H16F3NO/c1-2-12-5-3-4-6-13-7-8(9,10)11/h12H,2-7H2,1H3. The fraction of sp³-hybridized carbons (Fsp3) is 1.00. The highest BCUT2D eigenvalue weighted by Gasteiger charge is 2.26. The lowest BCUT2D eigenvalue weighted by Gasteiger charge is -2.07. The number of halogens is 3. The van der Waals surface area contributed by atoms with Crippen LogP contribution >= 0.6 is 0 Å². The van der Waals surface area contributed by atoms with Gasteiger partial charge in [0.2, 0.25) is 0 Å². The number of rotatable bonds is 7. The minimum atomic E-state index is -4.19. The molecule has 2 nitrogen and oxygen atoms in total. The van der Waals surface area contributed by atoms with Crippen molar-refractivity contribution in [2.75, 3.05) is 26.3 Å². The topological polar surface area (TPSA) is 21.3 Å². The zero-order valence-corrected chi connectivity index (χ0v) is 7.78. The van der Waals surface area contributed by atoms with Crippen LogP contribution in [0.1, 0.15) is 19.8 Å². The third kappa shape index (κ3) is 11.7. The Kier molecular flexibility index (Phi) is 6.99. The molecular weight excluding hydrogens is 183 g/mol. The molecule has 0 aliphatic carbocycles. The number of ether oxygens (including phenoxy) is 1. The van der Waals surface area contributed by atoms with Crippen molar-refractivity contribution < 1.29 is 17.9 Å². The van der Waals surface area contributed by atoms with Crippen LogP contribution in [0.4, 0.5) is 13.2 Å². The first-order valence-electron chi connectivity index (χ1n) is 4.41. The van der Waals surface area contributed by atoms with Crippen molar-refractivity contribution >= 4 is 0 Å². The second kappa shape index (κ2) is 7.15. The molecule has 80 valence electrons. The van der Waals surface area contributed by atoms with Crippen molar-refractivity contribution in [2.24, 2.45) is 0 Å². The summed E-state index contributed by atoms with van der Waals surface area (Å²) >= 11 is 0. The van der Waals surface area contributed by atoms with Gasteiger partial charge >= 0.3 is 6.18 Å². The lowest BCUT2D eigenvalue weighted by molar-refractivity contribution is -0.174. The summed E-state index contributed by atoms with van der Waals surface area (Å²) in [5.41, 5.74) is 0. The Hall–Kier alpha value is -0.290. The monoisotopic (exact) mass is 199 g/mol. The van der Waals surface area contributed by atoms with Crippen LogP contribution in [0.25, 0.3) is 0 Å². The number of nitrogens with one attached hydrogen (secondary N) is 1. The van der Waals surface area contributed by atoms with E-state index in [2.05, 4.69) is 10.1 Å². The molecule has 0 heterocycles. The van der Waals surface area contributed by atoms with Gasteiger partial charge in [-0.1, -0.05) is 6.92 Å². The summed E-state index contributed by atoms with van der Waals surface area (Å²) in [5, 5.41) is 3.08. The van der Waals surface area contributed by atoms with Crippen molar-refractivity contribution in [3.63, 3.8) is 0 Å². The molecule has 0 saturated heterocycles. The Morgan fingerprint density at radius 1 is 1.23 bits per heavy atom. The molecule has 0 saturated carbocycles. The molecule has 13 heavy (non-hydrogen) atoms. The summed E-state index contributed by atoms with van der Waals surface area (Å²) < 4.78 is 39.1. The molecule has 0 rings (SSSR count). The lowest BCUT2D eigenvalue weighted by Crippen LogP contribution is -2.18. The molecule has 0 spiro atoms. The van der Waals surface area contributed by atoms with Crippen molar-refractivity contribution in [1.82, 2.24) is 5.32 Å². The van der Waals surface area contributed by atoms with Crippen LogP contribution in [0.15, 0.2) is 0 Å². The van der Waals surface area contributed by atoms with Gasteiger partial charge in [0.05, 0.1) is 0 Å². The fourth-order valence-electron chi connectivity index (χ4n) is 0.819. The minimum absolute atomic E-state index is 0.185. The molecule has 0 aliphatic rings. The highest BCUT2D eigenvalue weighted by atomic mass is 19.4. The van der Waals surface area contributed by atoms with Gasteiger partial charge in [0.15, 0.2) is 0 Å². The summed E-state index contributed by atoms with van der Waals surface area (Å²) in [7, 11) is 0. The first kappa shape index (κ1) is 12.7. The van der Waals surface area contributed by atoms with E-state index < -0.39 is 12.8 Å². The average molecular weight is 199 g/mol. The Balaban J connectivity index is 3.00. The van der Waals surface area contributed by atoms with Gasteiger partial charge in [0.25, 0.3) is 0 Å². The van der Waals surface area contributed by atoms with Gasteiger partial charge in [-0.3, -0.25) is 0 Å². The molecule has 5 heteroatoms. The summed E-state index contributed by atoms with van der Waals surface area (Å²) in [6.07, 6.45) is -2.67. The molecule has 0 unspecified atom stereocenters. The van der Waals surface area contributed by atoms with E-state index in [-0.39, 0.29) is 6.61 Å². The molecule has 0 radical (unpaired) electrons. The Labute approximate surface area is 76.5 Å². The Morgan fingerprint density at radius 2 is 1.92 bits per heavy atom. The van der Waals surface area contributed by atoms with Gasteiger partial charge in [-0.15, -0.1) is 0 Å². The molecule has 0 bridgehead atoms. The van der Waals surface area contributed by atoms with Gasteiger partial charge in [-0.05, 0) is 25.9 Å². The average Bonchev–Trinajstić information content (AvgIpc) is 2.01. The predicted molar refractivity (Wildman–Crippen MR) is 44.7 cm³/mol. The van der Waals surface area contributed by atoms with E-state index in [1.54, 1.807) is 0 Å². The predicted octanol–water partition coefficient (Wildman–Crippen LogP) is 1.96. The summed E-state index contributed by atoms with van der Waals surface area (Å²) in [5.74, 6) is 0. The maximum Gasteiger partial charge on any atom is 0.411 e. The van der Waals surface area contributed by atoms with Crippen LogP contribution in [-0.2, 0) is 4.74 Å². The maximum absolute atomic E-state index is 11.5. The first-order valence-corrected chi connectivity index (χ1v) is 4.41. The quantitative estimate of drug-likeness (QED) is 0.633. The SMILES string of the molecule is CCNCCCCOCC(F)(F)F. The normalized spacial score (nSPS) is 12.0. The number of alkyl halides is 3. The molecule has 0 fully saturated rings. The smallest absolute Gasteiger partial charge is 0.372 e. The van der Waals surface area contributed by atoms with Crippen LogP contribution in [0.5, 0.6) is 0 Å². The van der Waals surface area contributed by atoms with Crippen LogP contribution in [0, 0.1) is 0 Å². The first-order chi connectivity index (χ1) is 6.06. The van der Waals surface area contributed by atoms with Gasteiger partial charge in [0.1, 0.15) is 6.61 Å². The van der Waals surface area contributed by atoms with Crippen molar-refractivity contribution in [3.05, 3.63) is 0 Å². The summed E-state index contributed by atoms with van der Waals surface area (Å²) in [6, 6.07) is 0. The highest BCUT2D eigenvalue weighted by Crippen LogP contribution is 2.14. The summed E-state index contributed by atoms with van der Waals surface area (Å²) in [4.78, 5) is 0. The lowest BCUT2D eigenvalue weighted by atomic mass is 10.3. The molecule has 0 amide bonds. The van der Waals surface area contributed by atoms with Gasteiger partial charge < -0.3 is 10.1 Å². The van der Waals surface area contributed by atoms with Crippen molar-refractivity contribution in [1.29, 1.82) is 0 Å². The van der Waals surface area contributed by atoms with Crippen LogP contribution < -0.4 is 5.32 Å². The fourth-order valence-corrected chi connectivity index (χ4v) is 0.819. The number of hydrogen-bond donors (Lipinski definition) is 1. The molecule has 0 aromatic heterocycles. The molecule has 0 aromatic carbocycles. The molecule has 1 N–H and O–H groups in total. The van der Waals surface area contributed by atoms with Gasteiger partial charge in [-0.25, -0.2) is 0 Å². The number of unbranched alkanes of at least 4 members (excludes halogenated alkanes) is 1. The van der Waals surface area contributed by atoms with E-state index in [1.165, 1.54) is 0 Å². The third-order valence-corrected chi connectivity index (χ3v) is 1.41. The largest absolute Gasteiger partial charge is 0.411 e. The van der Waals surface area contributed by atoms with E-state index >= 15 is 0 Å². The van der Waals surface area contributed by atoms with E-state index in [0.717, 1.165) is 19.5 Å². The van der Waals surface area contributed by atoms with Gasteiger partial charge in [-0.2, -0.15) is 13.2 Å². The molecular formula is C8H16F3NO.